The summed E-state index contributed by atoms with van der Waals surface area (Å²) < 4.78 is 17.7. The second kappa shape index (κ2) is 8.10. The van der Waals surface area contributed by atoms with Crippen LogP contribution in [0.5, 0.6) is 0 Å². The van der Waals surface area contributed by atoms with Crippen LogP contribution in [-0.4, -0.2) is 55.0 Å². The van der Waals surface area contributed by atoms with E-state index in [2.05, 4.69) is 4.90 Å². The predicted molar refractivity (Wildman–Crippen MR) is 95.4 cm³/mol. The number of amides is 1. The first kappa shape index (κ1) is 18.1. The summed E-state index contributed by atoms with van der Waals surface area (Å²) in [6, 6.07) is 13.0. The molecule has 1 aliphatic heterocycles. The van der Waals surface area contributed by atoms with Gasteiger partial charge in [-0.3, -0.25) is 9.69 Å². The number of carbonyl (C=O) groups is 2. The highest BCUT2D eigenvalue weighted by atomic mass is 19.1. The molecule has 1 fully saturated rings. The Morgan fingerprint density at radius 2 is 1.50 bits per heavy atom. The summed E-state index contributed by atoms with van der Waals surface area (Å²) in [6.07, 6.45) is 0. The Kier molecular flexibility index (Phi) is 5.63. The average molecular weight is 356 g/mol. The number of hydrogen-bond acceptors (Lipinski definition) is 4. The van der Waals surface area contributed by atoms with Gasteiger partial charge in [0, 0.05) is 38.3 Å². The van der Waals surface area contributed by atoms with Crippen molar-refractivity contribution in [2.75, 3.05) is 33.3 Å². The first-order chi connectivity index (χ1) is 12.6. The van der Waals surface area contributed by atoms with Gasteiger partial charge >= 0.3 is 5.97 Å². The molecule has 2 aromatic carbocycles. The molecule has 0 saturated carbocycles. The van der Waals surface area contributed by atoms with Crippen LogP contribution in [0, 0.1) is 5.82 Å². The van der Waals surface area contributed by atoms with Crippen LogP contribution >= 0.6 is 0 Å². The molecule has 1 aliphatic rings. The summed E-state index contributed by atoms with van der Waals surface area (Å²) in [5, 5.41) is 0. The summed E-state index contributed by atoms with van der Waals surface area (Å²) >= 11 is 0. The summed E-state index contributed by atoms with van der Waals surface area (Å²) in [7, 11) is 1.36. The van der Waals surface area contributed by atoms with Gasteiger partial charge in [0.1, 0.15) is 5.82 Å². The highest BCUT2D eigenvalue weighted by molar-refractivity contribution is 5.94. The van der Waals surface area contributed by atoms with Crippen LogP contribution in [0.15, 0.2) is 48.5 Å². The average Bonchev–Trinajstić information content (AvgIpc) is 2.68. The molecule has 1 heterocycles. The largest absolute Gasteiger partial charge is 0.465 e. The van der Waals surface area contributed by atoms with E-state index in [0.717, 1.165) is 25.2 Å². The van der Waals surface area contributed by atoms with Gasteiger partial charge in [-0.2, -0.15) is 0 Å². The van der Waals surface area contributed by atoms with Crippen molar-refractivity contribution in [3.05, 3.63) is 71.0 Å². The van der Waals surface area contributed by atoms with Gasteiger partial charge in [0.2, 0.25) is 0 Å². The van der Waals surface area contributed by atoms with Crippen LogP contribution in [0.3, 0.4) is 0 Å². The molecule has 3 rings (SSSR count). The van der Waals surface area contributed by atoms with Gasteiger partial charge in [-0.05, 0) is 42.0 Å². The number of ether oxygens (including phenoxy) is 1. The van der Waals surface area contributed by atoms with Crippen molar-refractivity contribution in [1.82, 2.24) is 9.80 Å². The molecule has 26 heavy (non-hydrogen) atoms. The third-order valence-corrected chi connectivity index (χ3v) is 4.53. The molecule has 0 aromatic heterocycles. The minimum Gasteiger partial charge on any atom is -0.465 e. The number of hydrogen-bond donors (Lipinski definition) is 0. The Bertz CT molecular complexity index is 767. The summed E-state index contributed by atoms with van der Waals surface area (Å²) in [5.41, 5.74) is 2.15. The number of benzene rings is 2. The quantitative estimate of drug-likeness (QED) is 0.790. The second-order valence-corrected chi connectivity index (χ2v) is 6.26. The monoisotopic (exact) mass is 356 g/mol. The van der Waals surface area contributed by atoms with Crippen molar-refractivity contribution in [3.8, 4) is 0 Å². The number of carbonyl (C=O) groups excluding carboxylic acids is 2. The van der Waals surface area contributed by atoms with Gasteiger partial charge in [0.25, 0.3) is 5.91 Å². The lowest BCUT2D eigenvalue weighted by Crippen LogP contribution is -2.48. The van der Waals surface area contributed by atoms with E-state index in [1.54, 1.807) is 17.0 Å². The SMILES string of the molecule is COC(=O)c1ccc(CN2CCN(C(=O)c3ccc(F)cc3)CC2)cc1. The van der Waals surface area contributed by atoms with E-state index >= 15 is 0 Å². The van der Waals surface area contributed by atoms with Crippen LogP contribution in [0.4, 0.5) is 4.39 Å². The van der Waals surface area contributed by atoms with Gasteiger partial charge in [-0.25, -0.2) is 9.18 Å². The van der Waals surface area contributed by atoms with E-state index in [0.29, 0.717) is 24.2 Å². The van der Waals surface area contributed by atoms with Crippen LogP contribution in [0.25, 0.3) is 0 Å². The molecule has 0 aliphatic carbocycles. The first-order valence-corrected chi connectivity index (χ1v) is 8.51. The van der Waals surface area contributed by atoms with Crippen molar-refractivity contribution in [3.63, 3.8) is 0 Å². The zero-order chi connectivity index (χ0) is 18.5. The molecule has 2 aromatic rings. The molecule has 136 valence electrons. The normalized spacial score (nSPS) is 14.9. The highest BCUT2D eigenvalue weighted by Gasteiger charge is 2.22. The fraction of sp³-hybridized carbons (Fsp3) is 0.300. The number of methoxy groups -OCH3 is 1. The number of rotatable bonds is 4. The van der Waals surface area contributed by atoms with E-state index in [9.17, 15) is 14.0 Å². The van der Waals surface area contributed by atoms with Gasteiger partial charge < -0.3 is 9.64 Å². The number of esters is 1. The van der Waals surface area contributed by atoms with Crippen LogP contribution < -0.4 is 0 Å². The Morgan fingerprint density at radius 1 is 0.923 bits per heavy atom. The molecule has 0 unspecified atom stereocenters. The maximum absolute atomic E-state index is 13.0. The standard InChI is InChI=1S/C20H21FN2O3/c1-26-20(25)17-4-2-15(3-5-17)14-22-10-12-23(13-11-22)19(24)16-6-8-18(21)9-7-16/h2-9H,10-14H2,1H3. The minimum atomic E-state index is -0.343. The Labute approximate surface area is 152 Å². The summed E-state index contributed by atoms with van der Waals surface area (Å²) in [6.45, 7) is 3.57. The van der Waals surface area contributed by atoms with Gasteiger partial charge in [0.15, 0.2) is 0 Å². The molecule has 1 saturated heterocycles. The van der Waals surface area contributed by atoms with E-state index in [1.165, 1.54) is 31.4 Å². The maximum atomic E-state index is 13.0. The lowest BCUT2D eigenvalue weighted by atomic mass is 10.1. The van der Waals surface area contributed by atoms with Crippen LogP contribution in [-0.2, 0) is 11.3 Å². The van der Waals surface area contributed by atoms with Gasteiger partial charge in [0.05, 0.1) is 12.7 Å². The number of nitrogens with zero attached hydrogens (tertiary/aromatic N) is 2. The molecule has 1 amide bonds. The highest BCUT2D eigenvalue weighted by Crippen LogP contribution is 2.13. The van der Waals surface area contributed by atoms with E-state index < -0.39 is 0 Å². The Hall–Kier alpha value is -2.73. The first-order valence-electron chi connectivity index (χ1n) is 8.51. The van der Waals surface area contributed by atoms with Gasteiger partial charge in [-0.15, -0.1) is 0 Å². The fourth-order valence-electron chi connectivity index (χ4n) is 3.01. The second-order valence-electron chi connectivity index (χ2n) is 6.26. The van der Waals surface area contributed by atoms with Gasteiger partial charge in [-0.1, -0.05) is 12.1 Å². The van der Waals surface area contributed by atoms with Crippen molar-refractivity contribution < 1.29 is 18.7 Å². The lowest BCUT2D eigenvalue weighted by molar-refractivity contribution is 0.0599. The van der Waals surface area contributed by atoms with Crippen LogP contribution in [0.2, 0.25) is 0 Å². The molecule has 6 heteroatoms. The summed E-state index contributed by atoms with van der Waals surface area (Å²) in [5.74, 6) is -0.749. The Morgan fingerprint density at radius 3 is 2.08 bits per heavy atom. The zero-order valence-corrected chi connectivity index (χ0v) is 14.7. The van der Waals surface area contributed by atoms with Crippen molar-refractivity contribution in [2.24, 2.45) is 0 Å². The fourth-order valence-corrected chi connectivity index (χ4v) is 3.01. The molecule has 0 atom stereocenters. The van der Waals surface area contributed by atoms with E-state index in [4.69, 9.17) is 4.74 Å². The topological polar surface area (TPSA) is 49.9 Å². The molecular formula is C20H21FN2O3. The molecule has 0 spiro atoms. The predicted octanol–water partition coefficient (Wildman–Crippen LogP) is 2.57. The van der Waals surface area contributed by atoms with Crippen LogP contribution in [0.1, 0.15) is 26.3 Å². The molecule has 0 radical (unpaired) electrons. The molecule has 5 nitrogen and oxygen atoms in total. The third-order valence-electron chi connectivity index (χ3n) is 4.53. The molecule has 0 bridgehead atoms. The molecule has 0 N–H and O–H groups in total. The van der Waals surface area contributed by atoms with Crippen molar-refractivity contribution in [2.45, 2.75) is 6.54 Å². The van der Waals surface area contributed by atoms with E-state index in [1.807, 2.05) is 12.1 Å². The number of halogens is 1. The van der Waals surface area contributed by atoms with E-state index in [-0.39, 0.29) is 17.7 Å². The smallest absolute Gasteiger partial charge is 0.337 e. The lowest BCUT2D eigenvalue weighted by Gasteiger charge is -2.34. The van der Waals surface area contributed by atoms with Crippen molar-refractivity contribution in [1.29, 1.82) is 0 Å². The minimum absolute atomic E-state index is 0.0629. The zero-order valence-electron chi connectivity index (χ0n) is 14.7. The Balaban J connectivity index is 1.53. The summed E-state index contributed by atoms with van der Waals surface area (Å²) in [4.78, 5) is 28.0. The third kappa shape index (κ3) is 4.26. The maximum Gasteiger partial charge on any atom is 0.337 e. The number of piperazine rings is 1. The molecular weight excluding hydrogens is 335 g/mol. The van der Waals surface area contributed by atoms with Crippen molar-refractivity contribution >= 4 is 11.9 Å².